The summed E-state index contributed by atoms with van der Waals surface area (Å²) in [6, 6.07) is 5.26. The standard InChI is InChI=1S/C14H18FNO4S/c1-14(2)9-10(7-8-20-14)21(18,19)16-13(17)11-5-3-4-6-12(11)15/h3-6,10H,7-9H2,1-2H3,(H,16,17). The molecule has 1 unspecified atom stereocenters. The van der Waals surface area contributed by atoms with E-state index in [4.69, 9.17) is 4.74 Å². The molecule has 1 fully saturated rings. The number of benzene rings is 1. The van der Waals surface area contributed by atoms with E-state index in [1.807, 2.05) is 4.72 Å². The van der Waals surface area contributed by atoms with Gasteiger partial charge in [0.05, 0.1) is 16.4 Å². The van der Waals surface area contributed by atoms with Gasteiger partial charge in [-0.1, -0.05) is 12.1 Å². The lowest BCUT2D eigenvalue weighted by atomic mass is 9.98. The highest BCUT2D eigenvalue weighted by Crippen LogP contribution is 2.28. The van der Waals surface area contributed by atoms with E-state index in [2.05, 4.69) is 0 Å². The van der Waals surface area contributed by atoms with Crippen LogP contribution in [0.1, 0.15) is 37.0 Å². The molecule has 1 aromatic rings. The third kappa shape index (κ3) is 3.79. The molecule has 1 aliphatic heterocycles. The number of hydrogen-bond donors (Lipinski definition) is 1. The van der Waals surface area contributed by atoms with Crippen molar-refractivity contribution in [3.8, 4) is 0 Å². The third-order valence-electron chi connectivity index (χ3n) is 3.44. The van der Waals surface area contributed by atoms with Crippen LogP contribution >= 0.6 is 0 Å². The van der Waals surface area contributed by atoms with E-state index in [-0.39, 0.29) is 12.0 Å². The van der Waals surface area contributed by atoms with Gasteiger partial charge in [-0.3, -0.25) is 4.79 Å². The number of halogens is 1. The predicted molar refractivity (Wildman–Crippen MR) is 75.8 cm³/mol. The fourth-order valence-electron chi connectivity index (χ4n) is 2.35. The Labute approximate surface area is 123 Å². The molecule has 0 aromatic heterocycles. The van der Waals surface area contributed by atoms with Crippen molar-refractivity contribution in [2.45, 2.75) is 37.5 Å². The van der Waals surface area contributed by atoms with E-state index < -0.39 is 32.6 Å². The molecule has 0 radical (unpaired) electrons. The minimum absolute atomic E-state index is 0.285. The Morgan fingerprint density at radius 3 is 2.67 bits per heavy atom. The summed E-state index contributed by atoms with van der Waals surface area (Å²) in [6.07, 6.45) is 0.593. The highest BCUT2D eigenvalue weighted by molar-refractivity contribution is 7.90. The van der Waals surface area contributed by atoms with Crippen molar-refractivity contribution in [3.05, 3.63) is 35.6 Å². The fraction of sp³-hybridized carbons (Fsp3) is 0.500. The van der Waals surface area contributed by atoms with Gasteiger partial charge in [-0.25, -0.2) is 17.5 Å². The Kier molecular flexibility index (Phi) is 4.34. The van der Waals surface area contributed by atoms with Crippen molar-refractivity contribution >= 4 is 15.9 Å². The molecule has 1 saturated heterocycles. The number of carbonyl (C=O) groups excluding carboxylic acids is 1. The average Bonchev–Trinajstić information content (AvgIpc) is 2.37. The maximum Gasteiger partial charge on any atom is 0.267 e. The number of amides is 1. The van der Waals surface area contributed by atoms with Crippen molar-refractivity contribution in [3.63, 3.8) is 0 Å². The minimum atomic E-state index is -3.86. The van der Waals surface area contributed by atoms with Crippen LogP contribution in [0, 0.1) is 5.82 Å². The molecule has 0 saturated carbocycles. The van der Waals surface area contributed by atoms with Crippen LogP contribution in [-0.2, 0) is 14.8 Å². The molecule has 5 nitrogen and oxygen atoms in total. The van der Waals surface area contributed by atoms with Gasteiger partial charge in [0.25, 0.3) is 5.91 Å². The summed E-state index contributed by atoms with van der Waals surface area (Å²) in [7, 11) is -3.86. The summed E-state index contributed by atoms with van der Waals surface area (Å²) in [4.78, 5) is 11.9. The van der Waals surface area contributed by atoms with E-state index in [0.29, 0.717) is 13.0 Å². The Balaban J connectivity index is 2.14. The van der Waals surface area contributed by atoms with Gasteiger partial charge in [0.15, 0.2) is 0 Å². The number of ether oxygens (including phenoxy) is 1. The van der Waals surface area contributed by atoms with Crippen LogP contribution in [0.2, 0.25) is 0 Å². The second kappa shape index (κ2) is 5.73. The molecule has 0 aliphatic carbocycles. The molecule has 2 rings (SSSR count). The van der Waals surface area contributed by atoms with Crippen LogP contribution in [0.4, 0.5) is 4.39 Å². The van der Waals surface area contributed by atoms with Crippen molar-refractivity contribution in [2.24, 2.45) is 0 Å². The molecule has 1 amide bonds. The molecule has 116 valence electrons. The largest absolute Gasteiger partial charge is 0.375 e. The fourth-order valence-corrected chi connectivity index (χ4v) is 3.92. The first-order valence-corrected chi connectivity index (χ1v) is 8.20. The molecular weight excluding hydrogens is 297 g/mol. The van der Waals surface area contributed by atoms with Gasteiger partial charge in [-0.15, -0.1) is 0 Å². The summed E-state index contributed by atoms with van der Waals surface area (Å²) >= 11 is 0. The topological polar surface area (TPSA) is 72.5 Å². The number of sulfonamides is 1. The van der Waals surface area contributed by atoms with Crippen LogP contribution in [0.25, 0.3) is 0 Å². The monoisotopic (exact) mass is 315 g/mol. The zero-order valence-electron chi connectivity index (χ0n) is 11.9. The number of carbonyl (C=O) groups is 1. The van der Waals surface area contributed by atoms with Gasteiger partial charge in [0, 0.05) is 6.61 Å². The summed E-state index contributed by atoms with van der Waals surface area (Å²) in [6.45, 7) is 3.91. The zero-order chi connectivity index (χ0) is 15.7. The molecule has 1 aromatic carbocycles. The van der Waals surface area contributed by atoms with Gasteiger partial charge in [0.1, 0.15) is 5.82 Å². The predicted octanol–water partition coefficient (Wildman–Crippen LogP) is 1.84. The quantitative estimate of drug-likeness (QED) is 0.924. The van der Waals surface area contributed by atoms with Gasteiger partial charge in [0.2, 0.25) is 10.0 Å². The summed E-state index contributed by atoms with van der Waals surface area (Å²) < 4.78 is 45.4. The van der Waals surface area contributed by atoms with Crippen LogP contribution in [0.3, 0.4) is 0 Å². The highest BCUT2D eigenvalue weighted by Gasteiger charge is 2.37. The Morgan fingerprint density at radius 2 is 2.05 bits per heavy atom. The second-order valence-electron chi connectivity index (χ2n) is 5.68. The van der Waals surface area contributed by atoms with E-state index >= 15 is 0 Å². The lowest BCUT2D eigenvalue weighted by molar-refractivity contribution is -0.0496. The smallest absolute Gasteiger partial charge is 0.267 e. The van der Waals surface area contributed by atoms with Crippen LogP contribution in [-0.4, -0.2) is 31.8 Å². The lowest BCUT2D eigenvalue weighted by Crippen LogP contribution is -2.46. The van der Waals surface area contributed by atoms with Crippen molar-refractivity contribution in [2.75, 3.05) is 6.61 Å². The van der Waals surface area contributed by atoms with E-state index in [1.54, 1.807) is 13.8 Å². The van der Waals surface area contributed by atoms with E-state index in [0.717, 1.165) is 6.07 Å². The number of rotatable bonds is 3. The molecule has 0 bridgehead atoms. The van der Waals surface area contributed by atoms with Gasteiger partial charge in [-0.05, 0) is 38.8 Å². The van der Waals surface area contributed by atoms with E-state index in [9.17, 15) is 17.6 Å². The molecule has 1 atom stereocenters. The molecule has 1 N–H and O–H groups in total. The zero-order valence-corrected chi connectivity index (χ0v) is 12.7. The summed E-state index contributed by atoms with van der Waals surface area (Å²) in [5, 5.41) is -0.725. The van der Waals surface area contributed by atoms with Gasteiger partial charge in [-0.2, -0.15) is 0 Å². The SMILES string of the molecule is CC1(C)CC(S(=O)(=O)NC(=O)c2ccccc2F)CCO1. The van der Waals surface area contributed by atoms with Gasteiger partial charge < -0.3 is 4.74 Å². The Bertz CT molecular complexity index is 642. The molecule has 7 heteroatoms. The van der Waals surface area contributed by atoms with Crippen LogP contribution in [0.5, 0.6) is 0 Å². The first-order chi connectivity index (χ1) is 9.71. The normalized spacial score (nSPS) is 21.8. The van der Waals surface area contributed by atoms with Crippen LogP contribution < -0.4 is 4.72 Å². The minimum Gasteiger partial charge on any atom is -0.375 e. The average molecular weight is 315 g/mol. The number of nitrogens with one attached hydrogen (secondary N) is 1. The molecule has 21 heavy (non-hydrogen) atoms. The van der Waals surface area contributed by atoms with E-state index in [1.165, 1.54) is 18.2 Å². The van der Waals surface area contributed by atoms with Crippen molar-refractivity contribution < 1.29 is 22.3 Å². The maximum absolute atomic E-state index is 13.5. The maximum atomic E-state index is 13.5. The summed E-state index contributed by atoms with van der Waals surface area (Å²) in [5.41, 5.74) is -0.842. The van der Waals surface area contributed by atoms with Crippen LogP contribution in [0.15, 0.2) is 24.3 Å². The van der Waals surface area contributed by atoms with Crippen molar-refractivity contribution in [1.29, 1.82) is 0 Å². The Morgan fingerprint density at radius 1 is 1.38 bits per heavy atom. The molecular formula is C14H18FNO4S. The Hall–Kier alpha value is -1.47. The molecule has 0 spiro atoms. The number of hydrogen-bond acceptors (Lipinski definition) is 4. The van der Waals surface area contributed by atoms with Gasteiger partial charge >= 0.3 is 0 Å². The first kappa shape index (κ1) is 15.9. The first-order valence-electron chi connectivity index (χ1n) is 6.66. The molecule has 1 aliphatic rings. The third-order valence-corrected chi connectivity index (χ3v) is 5.19. The highest BCUT2D eigenvalue weighted by atomic mass is 32.2. The van der Waals surface area contributed by atoms with Crippen molar-refractivity contribution in [1.82, 2.24) is 4.72 Å². The summed E-state index contributed by atoms with van der Waals surface area (Å²) in [5.74, 6) is -1.70. The lowest BCUT2D eigenvalue weighted by Gasteiger charge is -2.34. The molecule has 1 heterocycles. The second-order valence-corrected chi connectivity index (χ2v) is 7.64.